The molecular formula is C14H16O2. The zero-order valence-electron chi connectivity index (χ0n) is 9.53. The minimum atomic E-state index is 0.435. The first-order valence-electron chi connectivity index (χ1n) is 5.96. The van der Waals surface area contributed by atoms with Crippen LogP contribution in [-0.2, 0) is 11.2 Å². The monoisotopic (exact) mass is 216 g/mol. The second-order valence-electron chi connectivity index (χ2n) is 4.92. The van der Waals surface area contributed by atoms with Gasteiger partial charge in [0.15, 0.2) is 0 Å². The van der Waals surface area contributed by atoms with Crippen LogP contribution in [0.5, 0.6) is 5.75 Å². The van der Waals surface area contributed by atoms with Crippen molar-refractivity contribution in [1.82, 2.24) is 0 Å². The van der Waals surface area contributed by atoms with Crippen LogP contribution in [0.4, 0.5) is 0 Å². The van der Waals surface area contributed by atoms with Crippen molar-refractivity contribution in [3.8, 4) is 5.75 Å². The van der Waals surface area contributed by atoms with Crippen LogP contribution in [0.25, 0.3) is 0 Å². The first-order valence-corrected chi connectivity index (χ1v) is 5.96. The molecule has 0 unspecified atom stereocenters. The first kappa shape index (κ1) is 9.88. The van der Waals surface area contributed by atoms with Crippen molar-refractivity contribution >= 4 is 5.78 Å². The van der Waals surface area contributed by atoms with E-state index < -0.39 is 0 Å². The summed E-state index contributed by atoms with van der Waals surface area (Å²) in [6, 6.07) is 6.30. The van der Waals surface area contributed by atoms with Gasteiger partial charge in [-0.05, 0) is 47.9 Å². The van der Waals surface area contributed by atoms with E-state index in [4.69, 9.17) is 4.74 Å². The van der Waals surface area contributed by atoms with Crippen molar-refractivity contribution in [2.24, 2.45) is 5.92 Å². The van der Waals surface area contributed by atoms with Gasteiger partial charge in [-0.1, -0.05) is 6.07 Å². The molecule has 1 saturated carbocycles. The number of Topliss-reactive ketones (excluding diaryl/α,β-unsaturated/α-hetero) is 1. The highest BCUT2D eigenvalue weighted by molar-refractivity contribution is 5.80. The molecule has 0 amide bonds. The number of hydrogen-bond acceptors (Lipinski definition) is 2. The minimum Gasteiger partial charge on any atom is -0.497 e. The van der Waals surface area contributed by atoms with Crippen molar-refractivity contribution in [3.05, 3.63) is 29.3 Å². The molecule has 3 rings (SSSR count). The molecule has 2 aliphatic carbocycles. The average Bonchev–Trinajstić information content (AvgIpc) is 2.66. The molecule has 16 heavy (non-hydrogen) atoms. The van der Waals surface area contributed by atoms with Crippen LogP contribution in [0.1, 0.15) is 36.3 Å². The summed E-state index contributed by atoms with van der Waals surface area (Å²) in [5.74, 6) is 2.55. The van der Waals surface area contributed by atoms with E-state index in [-0.39, 0.29) is 0 Å². The molecule has 0 heterocycles. The van der Waals surface area contributed by atoms with Crippen LogP contribution < -0.4 is 4.74 Å². The Morgan fingerprint density at radius 3 is 3.00 bits per heavy atom. The highest BCUT2D eigenvalue weighted by Gasteiger charge is 2.36. The van der Waals surface area contributed by atoms with Crippen molar-refractivity contribution in [2.75, 3.05) is 7.11 Å². The number of carbonyl (C=O) groups is 1. The summed E-state index contributed by atoms with van der Waals surface area (Å²) in [6.07, 6.45) is 3.74. The fourth-order valence-electron chi connectivity index (χ4n) is 3.20. The zero-order valence-corrected chi connectivity index (χ0v) is 9.53. The van der Waals surface area contributed by atoms with Gasteiger partial charge in [-0.3, -0.25) is 4.79 Å². The summed E-state index contributed by atoms with van der Waals surface area (Å²) in [4.78, 5) is 11.5. The Balaban J connectivity index is 1.96. The lowest BCUT2D eigenvalue weighted by atomic mass is 9.79. The standard InChI is InChI=1S/C14H16O2/c1-16-12-4-5-13-10(7-12)6-9-2-3-11(15)8-14(9)13/h4-5,7,9,14H,2-3,6,8H2,1H3/t9-,14-/m0/s1. The highest BCUT2D eigenvalue weighted by atomic mass is 16.5. The van der Waals surface area contributed by atoms with Gasteiger partial charge in [-0.15, -0.1) is 0 Å². The van der Waals surface area contributed by atoms with Crippen LogP contribution >= 0.6 is 0 Å². The van der Waals surface area contributed by atoms with Crippen molar-refractivity contribution in [3.63, 3.8) is 0 Å². The zero-order chi connectivity index (χ0) is 11.1. The Bertz CT molecular complexity index is 436. The Labute approximate surface area is 95.6 Å². The first-order chi connectivity index (χ1) is 7.78. The average molecular weight is 216 g/mol. The third-order valence-corrected chi connectivity index (χ3v) is 4.04. The number of carbonyl (C=O) groups excluding carboxylic acids is 1. The smallest absolute Gasteiger partial charge is 0.133 e. The summed E-state index contributed by atoms with van der Waals surface area (Å²) in [5.41, 5.74) is 2.78. The molecule has 0 radical (unpaired) electrons. The topological polar surface area (TPSA) is 26.3 Å². The third-order valence-electron chi connectivity index (χ3n) is 4.04. The fraction of sp³-hybridized carbons (Fsp3) is 0.500. The molecular weight excluding hydrogens is 200 g/mol. The third kappa shape index (κ3) is 1.44. The normalized spacial score (nSPS) is 27.4. The number of ketones is 1. The maximum Gasteiger partial charge on any atom is 0.133 e. The summed E-state index contributed by atoms with van der Waals surface area (Å²) in [5, 5.41) is 0. The second kappa shape index (κ2) is 3.62. The van der Waals surface area contributed by atoms with Gasteiger partial charge in [-0.25, -0.2) is 0 Å². The maximum atomic E-state index is 11.5. The largest absolute Gasteiger partial charge is 0.497 e. The molecule has 1 aromatic carbocycles. The lowest BCUT2D eigenvalue weighted by Crippen LogP contribution is -2.19. The SMILES string of the molecule is COc1ccc2c(c1)C[C@@H]1CCC(=O)C[C@H]21. The van der Waals surface area contributed by atoms with E-state index in [0.29, 0.717) is 17.6 Å². The van der Waals surface area contributed by atoms with E-state index in [9.17, 15) is 4.79 Å². The molecule has 0 bridgehead atoms. The van der Waals surface area contributed by atoms with E-state index in [0.717, 1.165) is 31.4 Å². The number of ether oxygens (including phenoxy) is 1. The van der Waals surface area contributed by atoms with E-state index in [1.54, 1.807) is 7.11 Å². The molecule has 0 saturated heterocycles. The highest BCUT2D eigenvalue weighted by Crippen LogP contribution is 2.46. The lowest BCUT2D eigenvalue weighted by molar-refractivity contribution is -0.121. The minimum absolute atomic E-state index is 0.435. The van der Waals surface area contributed by atoms with E-state index >= 15 is 0 Å². The predicted molar refractivity (Wildman–Crippen MR) is 61.8 cm³/mol. The van der Waals surface area contributed by atoms with Gasteiger partial charge < -0.3 is 4.74 Å². The molecule has 1 fully saturated rings. The lowest BCUT2D eigenvalue weighted by Gasteiger charge is -2.24. The van der Waals surface area contributed by atoms with Gasteiger partial charge in [0.1, 0.15) is 11.5 Å². The molecule has 1 aromatic rings. The predicted octanol–water partition coefficient (Wildman–Crippen LogP) is 2.70. The maximum absolute atomic E-state index is 11.5. The summed E-state index contributed by atoms with van der Waals surface area (Å²) in [7, 11) is 1.70. The van der Waals surface area contributed by atoms with Crippen LogP contribution in [0.2, 0.25) is 0 Å². The van der Waals surface area contributed by atoms with Crippen molar-refractivity contribution in [1.29, 1.82) is 0 Å². The molecule has 0 N–H and O–H groups in total. The molecule has 2 aliphatic rings. The molecule has 0 aromatic heterocycles. The Hall–Kier alpha value is -1.31. The molecule has 84 valence electrons. The van der Waals surface area contributed by atoms with Gasteiger partial charge in [0.05, 0.1) is 7.11 Å². The molecule has 0 spiro atoms. The van der Waals surface area contributed by atoms with Gasteiger partial charge in [-0.2, -0.15) is 0 Å². The van der Waals surface area contributed by atoms with Crippen molar-refractivity contribution in [2.45, 2.75) is 31.6 Å². The summed E-state index contributed by atoms with van der Waals surface area (Å²) >= 11 is 0. The number of fused-ring (bicyclic) bond motifs is 3. The van der Waals surface area contributed by atoms with Gasteiger partial charge >= 0.3 is 0 Å². The molecule has 2 atom stereocenters. The van der Waals surface area contributed by atoms with Crippen LogP contribution in [0, 0.1) is 5.92 Å². The van der Waals surface area contributed by atoms with Gasteiger partial charge in [0.25, 0.3) is 0 Å². The Kier molecular flexibility index (Phi) is 2.23. The van der Waals surface area contributed by atoms with E-state index in [1.165, 1.54) is 11.1 Å². The Morgan fingerprint density at radius 1 is 1.31 bits per heavy atom. The van der Waals surface area contributed by atoms with Crippen LogP contribution in [-0.4, -0.2) is 12.9 Å². The molecule has 2 heteroatoms. The van der Waals surface area contributed by atoms with Gasteiger partial charge in [0.2, 0.25) is 0 Å². The van der Waals surface area contributed by atoms with Crippen LogP contribution in [0.3, 0.4) is 0 Å². The van der Waals surface area contributed by atoms with Crippen molar-refractivity contribution < 1.29 is 9.53 Å². The number of methoxy groups -OCH3 is 1. The summed E-state index contributed by atoms with van der Waals surface area (Å²) in [6.45, 7) is 0. The summed E-state index contributed by atoms with van der Waals surface area (Å²) < 4.78 is 5.25. The molecule has 0 aliphatic heterocycles. The van der Waals surface area contributed by atoms with Crippen LogP contribution in [0.15, 0.2) is 18.2 Å². The number of hydrogen-bond donors (Lipinski definition) is 0. The molecule has 2 nitrogen and oxygen atoms in total. The van der Waals surface area contributed by atoms with E-state index in [2.05, 4.69) is 12.1 Å². The van der Waals surface area contributed by atoms with E-state index in [1.807, 2.05) is 6.07 Å². The second-order valence-corrected chi connectivity index (χ2v) is 4.92. The quantitative estimate of drug-likeness (QED) is 0.721. The number of benzene rings is 1. The van der Waals surface area contributed by atoms with Gasteiger partial charge in [0, 0.05) is 12.8 Å². The fourth-order valence-corrected chi connectivity index (χ4v) is 3.20. The Morgan fingerprint density at radius 2 is 2.19 bits per heavy atom. The number of rotatable bonds is 1.